The molecule has 0 atom stereocenters. The van der Waals surface area contributed by atoms with E-state index in [4.69, 9.17) is 4.74 Å². The van der Waals surface area contributed by atoms with Crippen molar-refractivity contribution >= 4 is 15.7 Å². The monoisotopic (exact) mass is 388 g/mol. The first kappa shape index (κ1) is 19.7. The van der Waals surface area contributed by atoms with Crippen LogP contribution < -0.4 is 9.64 Å². The van der Waals surface area contributed by atoms with E-state index in [0.29, 0.717) is 38.5 Å². The van der Waals surface area contributed by atoms with E-state index in [2.05, 4.69) is 24.0 Å². The van der Waals surface area contributed by atoms with Gasteiger partial charge in [0.15, 0.2) is 0 Å². The number of sulfonamides is 1. The van der Waals surface area contributed by atoms with Crippen molar-refractivity contribution in [2.24, 2.45) is 0 Å². The molecule has 0 amide bonds. The highest BCUT2D eigenvalue weighted by atomic mass is 32.2. The van der Waals surface area contributed by atoms with E-state index in [9.17, 15) is 8.42 Å². The van der Waals surface area contributed by atoms with Crippen LogP contribution in [-0.4, -0.2) is 45.5 Å². The molecule has 146 valence electrons. The van der Waals surface area contributed by atoms with Crippen molar-refractivity contribution in [1.29, 1.82) is 0 Å². The fourth-order valence-corrected chi connectivity index (χ4v) is 4.77. The van der Waals surface area contributed by atoms with Gasteiger partial charge in [-0.05, 0) is 43.2 Å². The number of rotatable bonds is 7. The molecule has 1 heterocycles. The Labute approximate surface area is 162 Å². The average molecular weight is 389 g/mol. The molecule has 1 aliphatic heterocycles. The quantitative estimate of drug-likeness (QED) is 0.679. The molecule has 0 N–H and O–H groups in total. The summed E-state index contributed by atoms with van der Waals surface area (Å²) in [5, 5.41) is 0. The second-order valence-electron chi connectivity index (χ2n) is 6.88. The summed E-state index contributed by atoms with van der Waals surface area (Å²) in [7, 11) is -3.57. The van der Waals surface area contributed by atoms with Crippen LogP contribution in [0.25, 0.3) is 0 Å². The number of hydrogen-bond acceptors (Lipinski definition) is 4. The molecule has 2 aromatic rings. The lowest BCUT2D eigenvalue weighted by Crippen LogP contribution is -2.48. The van der Waals surface area contributed by atoms with Gasteiger partial charge in [-0.1, -0.05) is 37.6 Å². The van der Waals surface area contributed by atoms with E-state index in [1.807, 2.05) is 37.3 Å². The molecule has 0 bridgehead atoms. The number of aryl methyl sites for hydroxylation is 1. The molecule has 0 spiro atoms. The predicted molar refractivity (Wildman–Crippen MR) is 109 cm³/mol. The Morgan fingerprint density at radius 3 is 2.37 bits per heavy atom. The van der Waals surface area contributed by atoms with E-state index in [-0.39, 0.29) is 4.90 Å². The number of benzene rings is 2. The molecular formula is C21H28N2O3S. The smallest absolute Gasteiger partial charge is 0.246 e. The Hall–Kier alpha value is -2.05. The summed E-state index contributed by atoms with van der Waals surface area (Å²) in [6.45, 7) is 6.87. The fraction of sp³-hybridized carbons (Fsp3) is 0.429. The number of anilines is 1. The van der Waals surface area contributed by atoms with Gasteiger partial charge < -0.3 is 9.64 Å². The number of nitrogens with zero attached hydrogens (tertiary/aromatic N) is 2. The first-order valence-electron chi connectivity index (χ1n) is 9.56. The number of hydrogen-bond donors (Lipinski definition) is 0. The topological polar surface area (TPSA) is 49.9 Å². The molecule has 27 heavy (non-hydrogen) atoms. The Bertz CT molecular complexity index is 845. The summed E-state index contributed by atoms with van der Waals surface area (Å²) in [5.41, 5.74) is 2.13. The van der Waals surface area contributed by atoms with Crippen molar-refractivity contribution in [3.8, 4) is 5.75 Å². The van der Waals surface area contributed by atoms with Crippen LogP contribution in [0.5, 0.6) is 5.75 Å². The van der Waals surface area contributed by atoms with Crippen molar-refractivity contribution in [3.05, 3.63) is 54.1 Å². The van der Waals surface area contributed by atoms with Crippen molar-refractivity contribution in [3.63, 3.8) is 0 Å². The summed E-state index contributed by atoms with van der Waals surface area (Å²) in [5.74, 6) is 0.467. The predicted octanol–water partition coefficient (Wildman–Crippen LogP) is 3.68. The van der Waals surface area contributed by atoms with Gasteiger partial charge in [0.25, 0.3) is 0 Å². The van der Waals surface area contributed by atoms with E-state index in [0.717, 1.165) is 24.1 Å². The molecule has 1 saturated heterocycles. The summed E-state index contributed by atoms with van der Waals surface area (Å²) >= 11 is 0. The van der Waals surface area contributed by atoms with Crippen LogP contribution in [0.1, 0.15) is 25.3 Å². The van der Waals surface area contributed by atoms with Gasteiger partial charge in [-0.2, -0.15) is 4.31 Å². The SMILES string of the molecule is CCCCOc1cc(C)ccc1S(=O)(=O)N1CCN(c2ccccc2)CC1. The van der Waals surface area contributed by atoms with Gasteiger partial charge in [0.2, 0.25) is 10.0 Å². The minimum Gasteiger partial charge on any atom is -0.492 e. The van der Waals surface area contributed by atoms with Crippen molar-refractivity contribution in [2.45, 2.75) is 31.6 Å². The molecule has 5 nitrogen and oxygen atoms in total. The van der Waals surface area contributed by atoms with Crippen LogP contribution >= 0.6 is 0 Å². The molecule has 2 aromatic carbocycles. The molecule has 3 rings (SSSR count). The Kier molecular flexibility index (Phi) is 6.39. The van der Waals surface area contributed by atoms with Crippen LogP contribution in [0, 0.1) is 6.92 Å². The fourth-order valence-electron chi connectivity index (χ4n) is 3.23. The zero-order chi connectivity index (χ0) is 19.3. The Morgan fingerprint density at radius 2 is 1.70 bits per heavy atom. The van der Waals surface area contributed by atoms with Gasteiger partial charge in [0, 0.05) is 31.9 Å². The molecule has 0 saturated carbocycles. The third-order valence-corrected chi connectivity index (χ3v) is 6.77. The maximum absolute atomic E-state index is 13.2. The second kappa shape index (κ2) is 8.76. The van der Waals surface area contributed by atoms with Crippen molar-refractivity contribution in [1.82, 2.24) is 4.31 Å². The van der Waals surface area contributed by atoms with E-state index in [1.165, 1.54) is 0 Å². The summed E-state index contributed by atoms with van der Waals surface area (Å²) < 4.78 is 33.8. The van der Waals surface area contributed by atoms with Crippen LogP contribution in [0.3, 0.4) is 0 Å². The Balaban J connectivity index is 1.75. The molecule has 0 radical (unpaired) electrons. The molecule has 0 unspecified atom stereocenters. The molecular weight excluding hydrogens is 360 g/mol. The molecule has 0 aliphatic carbocycles. The van der Waals surface area contributed by atoms with Crippen molar-refractivity contribution < 1.29 is 13.2 Å². The summed E-state index contributed by atoms with van der Waals surface area (Å²) in [6.07, 6.45) is 1.92. The second-order valence-corrected chi connectivity index (χ2v) is 8.79. The minimum absolute atomic E-state index is 0.275. The molecule has 6 heteroatoms. The third-order valence-electron chi connectivity index (χ3n) is 4.83. The van der Waals surface area contributed by atoms with Crippen LogP contribution in [0.15, 0.2) is 53.4 Å². The number of piperazine rings is 1. The molecule has 0 aromatic heterocycles. The van der Waals surface area contributed by atoms with E-state index < -0.39 is 10.0 Å². The lowest BCUT2D eigenvalue weighted by atomic mass is 10.2. The average Bonchev–Trinajstić information content (AvgIpc) is 2.69. The van der Waals surface area contributed by atoms with Crippen LogP contribution in [0.2, 0.25) is 0 Å². The van der Waals surface area contributed by atoms with Gasteiger partial charge in [-0.15, -0.1) is 0 Å². The normalized spacial score (nSPS) is 15.7. The van der Waals surface area contributed by atoms with E-state index >= 15 is 0 Å². The number of ether oxygens (including phenoxy) is 1. The summed E-state index contributed by atoms with van der Waals surface area (Å²) in [4.78, 5) is 2.50. The standard InChI is InChI=1S/C21H28N2O3S/c1-3-4-16-26-20-17-18(2)10-11-21(20)27(24,25)23-14-12-22(13-15-23)19-8-6-5-7-9-19/h5-11,17H,3-4,12-16H2,1-2H3. The highest BCUT2D eigenvalue weighted by Crippen LogP contribution is 2.29. The number of para-hydroxylation sites is 1. The zero-order valence-corrected chi connectivity index (χ0v) is 16.9. The number of unbranched alkanes of at least 4 members (excludes halogenated alkanes) is 1. The first-order valence-corrected chi connectivity index (χ1v) is 11.0. The molecule has 1 fully saturated rings. The maximum atomic E-state index is 13.2. The van der Waals surface area contributed by atoms with Crippen LogP contribution in [0.4, 0.5) is 5.69 Å². The van der Waals surface area contributed by atoms with Gasteiger partial charge in [-0.25, -0.2) is 8.42 Å². The maximum Gasteiger partial charge on any atom is 0.246 e. The lowest BCUT2D eigenvalue weighted by Gasteiger charge is -2.35. The van der Waals surface area contributed by atoms with E-state index in [1.54, 1.807) is 10.4 Å². The first-order chi connectivity index (χ1) is 13.0. The minimum atomic E-state index is -3.57. The highest BCUT2D eigenvalue weighted by molar-refractivity contribution is 7.89. The van der Waals surface area contributed by atoms with Gasteiger partial charge >= 0.3 is 0 Å². The van der Waals surface area contributed by atoms with Gasteiger partial charge in [0.05, 0.1) is 6.61 Å². The summed E-state index contributed by atoms with van der Waals surface area (Å²) in [6, 6.07) is 15.4. The van der Waals surface area contributed by atoms with Crippen LogP contribution in [-0.2, 0) is 10.0 Å². The lowest BCUT2D eigenvalue weighted by molar-refractivity contribution is 0.299. The van der Waals surface area contributed by atoms with Gasteiger partial charge in [0.1, 0.15) is 10.6 Å². The third kappa shape index (κ3) is 4.62. The Morgan fingerprint density at radius 1 is 1.00 bits per heavy atom. The molecule has 1 aliphatic rings. The largest absolute Gasteiger partial charge is 0.492 e. The van der Waals surface area contributed by atoms with Crippen molar-refractivity contribution in [2.75, 3.05) is 37.7 Å². The van der Waals surface area contributed by atoms with Gasteiger partial charge in [-0.3, -0.25) is 0 Å². The zero-order valence-electron chi connectivity index (χ0n) is 16.1. The highest BCUT2D eigenvalue weighted by Gasteiger charge is 2.31.